The Morgan fingerprint density at radius 3 is 2.43 bits per heavy atom. The van der Waals surface area contributed by atoms with Crippen molar-refractivity contribution in [1.82, 2.24) is 29.7 Å². The highest BCUT2D eigenvalue weighted by Crippen LogP contribution is 2.27. The Kier molecular flexibility index (Phi) is 11.7. The van der Waals surface area contributed by atoms with Gasteiger partial charge in [0.15, 0.2) is 27.5 Å². The lowest BCUT2D eigenvalue weighted by Crippen LogP contribution is -2.25. The van der Waals surface area contributed by atoms with E-state index in [1.807, 2.05) is 48.8 Å². The molecular weight excluding hydrogens is 603 g/mol. The normalized spacial score (nSPS) is 12.3. The Balaban J connectivity index is 0.000000217. The summed E-state index contributed by atoms with van der Waals surface area (Å²) in [6.45, 7) is 9.91. The predicted octanol–water partition coefficient (Wildman–Crippen LogP) is 5.66. The van der Waals surface area contributed by atoms with Crippen LogP contribution in [0.3, 0.4) is 0 Å². The smallest absolute Gasteiger partial charge is 0.359 e. The number of H-pyrrole nitrogens is 1. The van der Waals surface area contributed by atoms with Gasteiger partial charge in [-0.1, -0.05) is 43.4 Å². The van der Waals surface area contributed by atoms with Crippen LogP contribution in [0.1, 0.15) is 77.4 Å². The molecule has 3 heterocycles. The van der Waals surface area contributed by atoms with Gasteiger partial charge in [0, 0.05) is 29.7 Å². The number of esters is 2. The minimum absolute atomic E-state index is 0.0206. The van der Waals surface area contributed by atoms with Gasteiger partial charge in [0.05, 0.1) is 19.4 Å². The number of rotatable bonds is 12. The van der Waals surface area contributed by atoms with Crippen molar-refractivity contribution < 1.29 is 23.9 Å². The lowest BCUT2D eigenvalue weighted by molar-refractivity contribution is 0.0471. The van der Waals surface area contributed by atoms with Crippen LogP contribution in [0.5, 0.6) is 0 Å². The number of aromatic nitrogens is 5. The molecule has 3 aromatic heterocycles. The van der Waals surface area contributed by atoms with Gasteiger partial charge in [0.1, 0.15) is 5.52 Å². The fourth-order valence-corrected chi connectivity index (χ4v) is 5.30. The molecular formula is C30H37N7O5S2. The highest BCUT2D eigenvalue weighted by atomic mass is 32.2. The second-order valence-corrected chi connectivity index (χ2v) is 12.0. The largest absolute Gasteiger partial charge is 0.461 e. The summed E-state index contributed by atoms with van der Waals surface area (Å²) in [5.74, 6) is 1.22. The molecule has 234 valence electrons. The molecule has 5 rings (SSSR count). The molecule has 1 aliphatic rings. The van der Waals surface area contributed by atoms with Gasteiger partial charge in [-0.3, -0.25) is 9.20 Å². The fraction of sp³-hybridized carbons (Fsp3) is 0.400. The van der Waals surface area contributed by atoms with Crippen molar-refractivity contribution >= 4 is 58.4 Å². The maximum atomic E-state index is 12.3. The number of ether oxygens (including phenoxy) is 2. The average molecular weight is 640 g/mol. The number of anilines is 2. The van der Waals surface area contributed by atoms with E-state index >= 15 is 0 Å². The molecule has 0 bridgehead atoms. The Morgan fingerprint density at radius 1 is 1.02 bits per heavy atom. The molecule has 4 aromatic rings. The number of hydrogen-bond acceptors (Lipinski definition) is 11. The van der Waals surface area contributed by atoms with E-state index in [4.69, 9.17) is 9.47 Å². The zero-order valence-electron chi connectivity index (χ0n) is 25.4. The van der Waals surface area contributed by atoms with E-state index in [0.29, 0.717) is 16.8 Å². The van der Waals surface area contributed by atoms with E-state index in [1.54, 1.807) is 31.8 Å². The second-order valence-electron chi connectivity index (χ2n) is 9.55. The molecule has 44 heavy (non-hydrogen) atoms. The maximum Gasteiger partial charge on any atom is 0.359 e. The van der Waals surface area contributed by atoms with Crippen LogP contribution in [0.2, 0.25) is 0 Å². The van der Waals surface area contributed by atoms with Crippen molar-refractivity contribution in [1.29, 1.82) is 0 Å². The third-order valence-electron chi connectivity index (χ3n) is 6.28. The zero-order chi connectivity index (χ0) is 31.6. The summed E-state index contributed by atoms with van der Waals surface area (Å²) < 4.78 is 11.7. The van der Waals surface area contributed by atoms with E-state index in [0.717, 1.165) is 52.1 Å². The first kappa shape index (κ1) is 32.9. The van der Waals surface area contributed by atoms with Gasteiger partial charge in [-0.2, -0.15) is 0 Å². The molecule has 14 heteroatoms. The topological polar surface area (TPSA) is 153 Å². The number of hydrogen-bond donors (Lipinski definition) is 3. The Bertz CT molecular complexity index is 1580. The van der Waals surface area contributed by atoms with E-state index < -0.39 is 11.9 Å². The van der Waals surface area contributed by atoms with Crippen LogP contribution in [0.15, 0.2) is 47.1 Å². The highest BCUT2D eigenvalue weighted by Gasteiger charge is 2.25. The summed E-state index contributed by atoms with van der Waals surface area (Å²) in [5.41, 5.74) is 3.53. The van der Waals surface area contributed by atoms with Crippen LogP contribution in [-0.4, -0.2) is 72.9 Å². The zero-order valence-corrected chi connectivity index (χ0v) is 27.1. The van der Waals surface area contributed by atoms with Gasteiger partial charge in [-0.05, 0) is 62.8 Å². The molecule has 0 aliphatic heterocycles. The standard InChI is InChI=1S/C19H21N5OS.C11H16N2O4S/c1-3-26-19-21-11-16-17(20-8-9-24(16)19)23-15-10-13(5-4-12(15)2)18(25)22-14-6-7-14;1-4-16-9(14)7-8(10(15)17-5-2)13-11(12-7)18-6-3/h4-5,8-11,14H,3,6-7H2,1-2H3,(H,20,23)(H,22,25);4-6H2,1-3H3,(H,12,13). The van der Waals surface area contributed by atoms with Gasteiger partial charge < -0.3 is 25.1 Å². The van der Waals surface area contributed by atoms with E-state index in [2.05, 4.69) is 37.5 Å². The molecule has 1 fully saturated rings. The maximum absolute atomic E-state index is 12.3. The van der Waals surface area contributed by atoms with Crippen LogP contribution in [-0.2, 0) is 9.47 Å². The summed E-state index contributed by atoms with van der Waals surface area (Å²) in [4.78, 5) is 51.5. The molecule has 0 saturated heterocycles. The molecule has 1 aromatic carbocycles. The highest BCUT2D eigenvalue weighted by molar-refractivity contribution is 7.99. The van der Waals surface area contributed by atoms with Crippen molar-refractivity contribution in [2.45, 2.75) is 63.8 Å². The van der Waals surface area contributed by atoms with E-state index in [9.17, 15) is 14.4 Å². The van der Waals surface area contributed by atoms with Crippen molar-refractivity contribution in [3.05, 3.63) is 59.3 Å². The molecule has 0 spiro atoms. The van der Waals surface area contributed by atoms with Gasteiger partial charge >= 0.3 is 11.9 Å². The van der Waals surface area contributed by atoms with Gasteiger partial charge in [0.25, 0.3) is 5.91 Å². The first-order valence-corrected chi connectivity index (χ1v) is 16.5. The van der Waals surface area contributed by atoms with Crippen LogP contribution >= 0.6 is 23.5 Å². The molecule has 12 nitrogen and oxygen atoms in total. The number of aromatic amines is 1. The van der Waals surface area contributed by atoms with E-state index in [1.165, 1.54) is 11.8 Å². The molecule has 1 amide bonds. The SMILES string of the molecule is CCOC(=O)c1nc(SCC)[nH]c1C(=O)OCC.CCSc1ncc2c(Nc3cc(C(=O)NC4CC4)ccc3C)nccn12. The minimum Gasteiger partial charge on any atom is -0.461 e. The second kappa shape index (κ2) is 15.6. The first-order chi connectivity index (χ1) is 21.3. The summed E-state index contributed by atoms with van der Waals surface area (Å²) >= 11 is 3.09. The number of imidazole rings is 2. The van der Waals surface area contributed by atoms with Crippen LogP contribution in [0.4, 0.5) is 11.5 Å². The molecule has 0 unspecified atom stereocenters. The van der Waals surface area contributed by atoms with Crippen LogP contribution in [0, 0.1) is 6.92 Å². The number of fused-ring (bicyclic) bond motifs is 1. The van der Waals surface area contributed by atoms with Gasteiger partial charge in [0.2, 0.25) is 0 Å². The van der Waals surface area contributed by atoms with Crippen molar-refractivity contribution in [3.8, 4) is 0 Å². The van der Waals surface area contributed by atoms with Crippen molar-refractivity contribution in [2.75, 3.05) is 30.0 Å². The third-order valence-corrected chi connectivity index (χ3v) is 7.88. The third kappa shape index (κ3) is 8.32. The number of nitrogens with one attached hydrogen (secondary N) is 3. The number of aryl methyl sites for hydroxylation is 1. The first-order valence-electron chi connectivity index (χ1n) is 14.5. The lowest BCUT2D eigenvalue weighted by atomic mass is 10.1. The number of carbonyl (C=O) groups is 3. The molecule has 1 saturated carbocycles. The van der Waals surface area contributed by atoms with Crippen molar-refractivity contribution in [3.63, 3.8) is 0 Å². The quantitative estimate of drug-likeness (QED) is 0.130. The summed E-state index contributed by atoms with van der Waals surface area (Å²) in [6.07, 6.45) is 7.65. The number of amides is 1. The molecule has 1 aliphatic carbocycles. The Morgan fingerprint density at radius 2 is 1.75 bits per heavy atom. The predicted molar refractivity (Wildman–Crippen MR) is 171 cm³/mol. The number of thioether (sulfide) groups is 2. The Hall–Kier alpha value is -4.04. The summed E-state index contributed by atoms with van der Waals surface area (Å²) in [7, 11) is 0. The minimum atomic E-state index is -0.625. The number of nitrogens with zero attached hydrogens (tertiary/aromatic N) is 4. The average Bonchev–Trinajstić information content (AvgIpc) is 3.56. The van der Waals surface area contributed by atoms with E-state index in [-0.39, 0.29) is 30.5 Å². The van der Waals surface area contributed by atoms with Crippen molar-refractivity contribution in [2.24, 2.45) is 0 Å². The molecule has 3 N–H and O–H groups in total. The van der Waals surface area contributed by atoms with Crippen LogP contribution in [0.25, 0.3) is 5.52 Å². The number of carbonyl (C=O) groups excluding carboxylic acids is 3. The number of benzene rings is 1. The lowest BCUT2D eigenvalue weighted by Gasteiger charge is -2.12. The summed E-state index contributed by atoms with van der Waals surface area (Å²) in [5, 5.41) is 7.85. The molecule has 0 radical (unpaired) electrons. The molecule has 0 atom stereocenters. The fourth-order valence-electron chi connectivity index (χ4n) is 4.01. The van der Waals surface area contributed by atoms with Gasteiger partial charge in [-0.25, -0.2) is 24.5 Å². The Labute approximate surface area is 264 Å². The monoisotopic (exact) mass is 639 g/mol. The summed E-state index contributed by atoms with van der Waals surface area (Å²) in [6, 6.07) is 6.05. The van der Waals surface area contributed by atoms with Crippen LogP contribution < -0.4 is 10.6 Å². The van der Waals surface area contributed by atoms with Gasteiger partial charge in [-0.15, -0.1) is 0 Å².